The molecule has 32 heteroatoms. The van der Waals surface area contributed by atoms with Gasteiger partial charge < -0.3 is 76.6 Å². The average Bonchev–Trinajstić information content (AvgIpc) is 1.64. The van der Waals surface area contributed by atoms with Crippen LogP contribution in [0.25, 0.3) is 89.4 Å². The van der Waals surface area contributed by atoms with Gasteiger partial charge in [0.25, 0.3) is 41.4 Å². The lowest BCUT2D eigenvalue weighted by Crippen LogP contribution is -2.63. The Bertz CT molecular complexity index is 6490. The highest BCUT2D eigenvalue weighted by atomic mass is 19.1. The van der Waals surface area contributed by atoms with Crippen LogP contribution in [-0.2, 0) is 28.7 Å². The Kier molecular flexibility index (Phi) is 31.7. The number of hydrogen-bond acceptors (Lipinski definition) is 20. The summed E-state index contributed by atoms with van der Waals surface area (Å²) >= 11 is 0. The highest BCUT2D eigenvalue weighted by molar-refractivity contribution is 6.01. The Morgan fingerprint density at radius 2 is 0.678 bits per heavy atom. The predicted molar refractivity (Wildman–Crippen MR) is 538 cm³/mol. The maximum atomic E-state index is 13.7. The number of furan rings is 4. The van der Waals surface area contributed by atoms with E-state index in [2.05, 4.69) is 13.8 Å². The number of methoxy groups -OCH3 is 1. The zero-order chi connectivity index (χ0) is 104. The first-order valence-electron chi connectivity index (χ1n) is 49.2. The van der Waals surface area contributed by atoms with Crippen molar-refractivity contribution >= 4 is 91.7 Å². The Morgan fingerprint density at radius 1 is 0.406 bits per heavy atom. The summed E-state index contributed by atoms with van der Waals surface area (Å²) in [4.78, 5) is 138. The van der Waals surface area contributed by atoms with Gasteiger partial charge in [0.2, 0.25) is 5.91 Å². The quantitative estimate of drug-likeness (QED) is 0.0710. The standard InChI is InChI=1S/C29H34FN3O4.C28H34FN3O4.2C27H32FN3O4/c1-18(2)21-15-22(19-8-10-20(30)11-9-19)31-23-16-25(37-26(21)23)28(35)33-13-12-32(17-29(33,3)4)27(34)24-7-5-6-14-36-24;1-17(2)20-13-21(18-7-9-19(29)10-8-18)30-22-14-23(36-25(20)22)26(34)32-12-11-31(16-27(32,3)4)24(33)15-28(5,6)35;1-16(2)20-13-21(18-7-9-19(28)10-8-18)29-22-14-23(35-24(20)22)26(33)31-12-11-30(15-27(31,4)5)25(32)17(3)34-6;1-6-22(32)25(33)30-11-12-31(27(4,5)15-30)26(34)23-14-21-24(35-23)19(16(2)3)13-20(29-21)17-7-9-18(28)10-8-17/h8-11,15-16,18,24H,5-7,12-14,17H2,1-4H3;7-10,13-14,17,35H,11-12,15-16H2,1-6H3;7-10,13-14,16-17H,11-12,15H2,1-6H3;7-10,13-14,16,22,32H,6,11-12,15H2,1-5H3/t;;17-;22-/m..11/s1. The number of amides is 8. The molecule has 8 aromatic heterocycles. The Hall–Kier alpha value is -13.0. The third-order valence-corrected chi connectivity index (χ3v) is 27.2. The van der Waals surface area contributed by atoms with Crippen molar-refractivity contribution in [3.63, 3.8) is 0 Å². The van der Waals surface area contributed by atoms with Gasteiger partial charge in [0.05, 0.1) is 57.0 Å². The molecule has 5 aliphatic heterocycles. The van der Waals surface area contributed by atoms with Crippen LogP contribution < -0.4 is 0 Å². The Morgan fingerprint density at radius 3 is 0.937 bits per heavy atom. The highest BCUT2D eigenvalue weighted by Crippen LogP contribution is 2.41. The third-order valence-electron chi connectivity index (χ3n) is 27.2. The Labute approximate surface area is 831 Å². The molecule has 8 amide bonds. The average molecular weight is 1970 g/mol. The number of nitrogens with zero attached hydrogens (tertiary/aromatic N) is 12. The second-order valence-electron chi connectivity index (χ2n) is 42.2. The molecule has 4 aromatic carbocycles. The first-order valence-corrected chi connectivity index (χ1v) is 49.2. The Balaban J connectivity index is 0.000000151. The molecule has 5 saturated heterocycles. The van der Waals surface area contributed by atoms with E-state index >= 15 is 0 Å². The number of piperazine rings is 4. The number of carbonyl (C=O) groups excluding carboxylic acids is 8. The van der Waals surface area contributed by atoms with Gasteiger partial charge in [0.15, 0.2) is 45.4 Å². The van der Waals surface area contributed by atoms with E-state index < -0.39 is 40.0 Å². The van der Waals surface area contributed by atoms with Crippen LogP contribution in [0.4, 0.5) is 17.6 Å². The molecule has 0 saturated carbocycles. The molecule has 1 unspecified atom stereocenters. The van der Waals surface area contributed by atoms with Crippen LogP contribution in [0.1, 0.15) is 259 Å². The molecule has 0 radical (unpaired) electrons. The van der Waals surface area contributed by atoms with Crippen LogP contribution in [0.5, 0.6) is 0 Å². The molecular formula is C111H132F4N12O16. The van der Waals surface area contributed by atoms with Crippen molar-refractivity contribution in [1.82, 2.24) is 59.1 Å². The fourth-order valence-electron chi connectivity index (χ4n) is 19.2. The molecule has 0 aliphatic carbocycles. The summed E-state index contributed by atoms with van der Waals surface area (Å²) in [6.07, 6.45) is 1.19. The van der Waals surface area contributed by atoms with Crippen molar-refractivity contribution < 1.29 is 93.3 Å². The molecule has 17 rings (SSSR count). The molecular weight excluding hydrogens is 1830 g/mol. The molecule has 760 valence electrons. The van der Waals surface area contributed by atoms with Crippen molar-refractivity contribution in [1.29, 1.82) is 0 Å². The number of rotatable bonds is 19. The van der Waals surface area contributed by atoms with Gasteiger partial charge in [-0.05, 0) is 247 Å². The summed E-state index contributed by atoms with van der Waals surface area (Å²) in [5.74, 6) is -1.44. The van der Waals surface area contributed by atoms with Crippen molar-refractivity contribution in [3.05, 3.63) is 214 Å². The summed E-state index contributed by atoms with van der Waals surface area (Å²) in [6, 6.07) is 39.1. The largest absolute Gasteiger partial charge is 0.449 e. The van der Waals surface area contributed by atoms with Crippen molar-refractivity contribution in [2.75, 3.05) is 92.3 Å². The maximum Gasteiger partial charge on any atom is 0.290 e. The number of fused-ring (bicyclic) bond motifs is 4. The van der Waals surface area contributed by atoms with E-state index in [-0.39, 0.29) is 130 Å². The zero-order valence-electron chi connectivity index (χ0n) is 85.6. The lowest BCUT2D eigenvalue weighted by molar-refractivity contribution is -0.150. The molecule has 12 aromatic rings. The second kappa shape index (κ2) is 42.9. The van der Waals surface area contributed by atoms with Gasteiger partial charge >= 0.3 is 0 Å². The zero-order valence-corrected chi connectivity index (χ0v) is 85.6. The molecule has 2 N–H and O–H groups in total. The van der Waals surface area contributed by atoms with E-state index in [4.69, 9.17) is 47.1 Å². The number of aliphatic hydroxyl groups is 2. The van der Waals surface area contributed by atoms with Gasteiger partial charge in [-0.25, -0.2) is 37.5 Å². The minimum atomic E-state index is -1.09. The first kappa shape index (κ1) is 106. The van der Waals surface area contributed by atoms with Crippen molar-refractivity contribution in [3.8, 4) is 45.0 Å². The summed E-state index contributed by atoms with van der Waals surface area (Å²) in [5.41, 5.74) is 10.7. The molecule has 13 heterocycles. The number of aromatic nitrogens is 4. The fourth-order valence-corrected chi connectivity index (χ4v) is 19.2. The summed E-state index contributed by atoms with van der Waals surface area (Å²) < 4.78 is 89.0. The number of aliphatic hydroxyl groups excluding tert-OH is 1. The minimum Gasteiger partial charge on any atom is -0.449 e. The van der Waals surface area contributed by atoms with Gasteiger partial charge in [-0.1, -0.05) is 62.3 Å². The molecule has 5 fully saturated rings. The number of benzene rings is 4. The lowest BCUT2D eigenvalue weighted by Gasteiger charge is -2.47. The SMILES string of the molecule is CC(C)c1cc(-c2ccc(F)cc2)nc2cc(C(=O)N3CCN(C(=O)C4CCCCO4)CC3(C)C)oc12.CC(C)c1cc(-c2ccc(F)cc2)nc2cc(C(=O)N3CCN(C(=O)CC(C)(C)O)CC3(C)C)oc12.CC[C@@H](O)C(=O)N1CCN(C(=O)c2cc3nc(-c4ccc(F)cc4)cc(C(C)C)c3o2)C(C)(C)C1.CO[C@H](C)C(=O)N1CCN(C(=O)c2cc3nc(-c4ccc(F)cc4)cc(C(C)C)c3o2)C(C)(C)C1. The van der Waals surface area contributed by atoms with Crippen LogP contribution in [0.2, 0.25) is 0 Å². The molecule has 0 spiro atoms. The van der Waals surface area contributed by atoms with E-state index in [1.54, 1.807) is 135 Å². The minimum absolute atomic E-state index is 0.0164. The van der Waals surface area contributed by atoms with Gasteiger partial charge in [0.1, 0.15) is 63.6 Å². The topological polar surface area (TPSA) is 326 Å². The number of pyridine rings is 4. The second-order valence-corrected chi connectivity index (χ2v) is 42.2. The number of ether oxygens (including phenoxy) is 2. The molecule has 5 aliphatic rings. The van der Waals surface area contributed by atoms with E-state index in [1.807, 2.05) is 126 Å². The predicted octanol–water partition coefficient (Wildman–Crippen LogP) is 19.8. The number of halogens is 4. The first-order chi connectivity index (χ1) is 67.4. The van der Waals surface area contributed by atoms with E-state index in [0.29, 0.717) is 159 Å². The monoisotopic (exact) mass is 1960 g/mol. The third kappa shape index (κ3) is 23.7. The smallest absolute Gasteiger partial charge is 0.290 e. The summed E-state index contributed by atoms with van der Waals surface area (Å²) in [6.45, 7) is 43.7. The van der Waals surface area contributed by atoms with Gasteiger partial charge in [0, 0.05) is 161 Å². The van der Waals surface area contributed by atoms with E-state index in [0.717, 1.165) is 63.8 Å². The van der Waals surface area contributed by atoms with Gasteiger partial charge in [-0.2, -0.15) is 0 Å². The van der Waals surface area contributed by atoms with Crippen LogP contribution in [0, 0.1) is 23.3 Å². The number of carbonyl (C=O) groups is 8. The van der Waals surface area contributed by atoms with Crippen LogP contribution in [0.3, 0.4) is 0 Å². The van der Waals surface area contributed by atoms with Crippen LogP contribution >= 0.6 is 0 Å². The molecule has 0 bridgehead atoms. The summed E-state index contributed by atoms with van der Waals surface area (Å²) in [7, 11) is 1.51. The molecule has 143 heavy (non-hydrogen) atoms. The molecule has 3 atom stereocenters. The van der Waals surface area contributed by atoms with Crippen LogP contribution in [-0.4, -0.2) is 255 Å². The van der Waals surface area contributed by atoms with E-state index in [1.165, 1.54) is 55.6 Å². The maximum absolute atomic E-state index is 13.7. The normalized spacial score (nSPS) is 17.4. The van der Waals surface area contributed by atoms with Gasteiger partial charge in [-0.15, -0.1) is 0 Å². The molecule has 28 nitrogen and oxygen atoms in total. The van der Waals surface area contributed by atoms with Crippen molar-refractivity contribution in [2.24, 2.45) is 0 Å². The van der Waals surface area contributed by atoms with Crippen LogP contribution in [0.15, 0.2) is 163 Å². The summed E-state index contributed by atoms with van der Waals surface area (Å²) in [5, 5.41) is 20.0. The highest BCUT2D eigenvalue weighted by Gasteiger charge is 2.47. The van der Waals surface area contributed by atoms with Crippen molar-refractivity contribution in [2.45, 2.75) is 240 Å². The van der Waals surface area contributed by atoms with Gasteiger partial charge in [-0.3, -0.25) is 38.4 Å². The fraction of sp³-hybridized carbons (Fsp3) is 0.459. The lowest BCUT2D eigenvalue weighted by atomic mass is 9.96. The van der Waals surface area contributed by atoms with E-state index in [9.17, 15) is 66.1 Å². The number of hydrogen-bond donors (Lipinski definition) is 2.